The number of ether oxygens (including phenoxy) is 5. The molecule has 6 atom stereocenters. The quantitative estimate of drug-likeness (QED) is 0.0583. The fourth-order valence-electron chi connectivity index (χ4n) is 8.79. The Labute approximate surface area is 343 Å². The van der Waals surface area contributed by atoms with E-state index in [0.29, 0.717) is 62.8 Å². The molecule has 3 N–H and O–H groups in total. The van der Waals surface area contributed by atoms with E-state index in [0.717, 1.165) is 42.4 Å². The van der Waals surface area contributed by atoms with Gasteiger partial charge in [-0.3, -0.25) is 4.90 Å². The highest BCUT2D eigenvalue weighted by Crippen LogP contribution is 2.62. The molecule has 1 heterocycles. The first-order chi connectivity index (χ1) is 28.3. The average molecular weight is 806 g/mol. The van der Waals surface area contributed by atoms with Crippen molar-refractivity contribution in [2.45, 2.75) is 96.5 Å². The highest BCUT2D eigenvalue weighted by atomic mass is 16.7. The summed E-state index contributed by atoms with van der Waals surface area (Å²) in [7, 11) is 0. The first-order valence-corrected chi connectivity index (χ1v) is 21.1. The number of oxime groups is 1. The topological polar surface area (TPSA) is 158 Å². The predicted molar refractivity (Wildman–Crippen MR) is 221 cm³/mol. The molecule has 2 aromatic carbocycles. The van der Waals surface area contributed by atoms with Crippen LogP contribution in [-0.4, -0.2) is 97.6 Å². The number of fused-ring (bicyclic) bond motifs is 2. The van der Waals surface area contributed by atoms with Crippen molar-refractivity contribution in [3.05, 3.63) is 84.0 Å². The SMILES string of the molecule is C=CCOC12Oc3ccc(OC(=O)NCC)cc3C3C(CCCCO)C(CCCCO)C=C(C(=NOCC)CC1N(CCC)C(=O)OCCOCc1ccccc1)C32. The number of carbonyl (C=O) groups excluding carboxylic acids is 2. The predicted octanol–water partition coefficient (Wildman–Crippen LogP) is 7.51. The van der Waals surface area contributed by atoms with Gasteiger partial charge in [-0.25, -0.2) is 9.59 Å². The second kappa shape index (κ2) is 22.6. The number of unbranched alkanes of at least 4 members (excludes halogenated alkanes) is 2. The summed E-state index contributed by atoms with van der Waals surface area (Å²) in [6, 6.07) is 14.5. The Bertz CT molecular complexity index is 1690. The van der Waals surface area contributed by atoms with Gasteiger partial charge in [-0.1, -0.05) is 67.4 Å². The van der Waals surface area contributed by atoms with Crippen LogP contribution in [0.1, 0.15) is 89.2 Å². The third-order valence-corrected chi connectivity index (χ3v) is 11.1. The van der Waals surface area contributed by atoms with Gasteiger partial charge in [0.1, 0.15) is 30.8 Å². The van der Waals surface area contributed by atoms with Gasteiger partial charge >= 0.3 is 12.2 Å². The zero-order valence-corrected chi connectivity index (χ0v) is 34.4. The molecule has 0 radical (unpaired) electrons. The first-order valence-electron chi connectivity index (χ1n) is 21.1. The Morgan fingerprint density at radius 1 is 1.03 bits per heavy atom. The van der Waals surface area contributed by atoms with Crippen LogP contribution in [0.15, 0.2) is 78.0 Å². The molecule has 1 aliphatic heterocycles. The lowest BCUT2D eigenvalue weighted by molar-refractivity contribution is -0.255. The van der Waals surface area contributed by atoms with Crippen LogP contribution in [0.3, 0.4) is 0 Å². The van der Waals surface area contributed by atoms with E-state index in [-0.39, 0.29) is 57.2 Å². The maximum absolute atomic E-state index is 14.3. The van der Waals surface area contributed by atoms with Crippen molar-refractivity contribution >= 4 is 17.9 Å². The molecule has 13 nitrogen and oxygen atoms in total. The zero-order chi connectivity index (χ0) is 41.3. The van der Waals surface area contributed by atoms with Gasteiger partial charge in [-0.15, -0.1) is 6.58 Å². The van der Waals surface area contributed by atoms with Crippen LogP contribution in [0.2, 0.25) is 0 Å². The smallest absolute Gasteiger partial charge is 0.412 e. The van der Waals surface area contributed by atoms with Crippen molar-refractivity contribution in [3.63, 3.8) is 0 Å². The largest absolute Gasteiger partial charge is 0.459 e. The van der Waals surface area contributed by atoms with E-state index in [9.17, 15) is 19.8 Å². The van der Waals surface area contributed by atoms with Crippen molar-refractivity contribution < 1.29 is 48.3 Å². The van der Waals surface area contributed by atoms with Crippen molar-refractivity contribution in [3.8, 4) is 11.5 Å². The highest BCUT2D eigenvalue weighted by Gasteiger charge is 2.65. The van der Waals surface area contributed by atoms with Gasteiger partial charge in [0.25, 0.3) is 0 Å². The summed E-state index contributed by atoms with van der Waals surface area (Å²) < 4.78 is 31.7. The minimum absolute atomic E-state index is 0.0218. The van der Waals surface area contributed by atoms with E-state index in [1.165, 1.54) is 0 Å². The van der Waals surface area contributed by atoms with Gasteiger partial charge in [-0.2, -0.15) is 0 Å². The molecule has 0 spiro atoms. The molecule has 318 valence electrons. The number of aliphatic hydroxyl groups excluding tert-OH is 2. The molecular weight excluding hydrogens is 743 g/mol. The normalized spacial score (nSPS) is 23.8. The lowest BCUT2D eigenvalue weighted by atomic mass is 9.55. The Morgan fingerprint density at radius 3 is 2.52 bits per heavy atom. The van der Waals surface area contributed by atoms with Gasteiger partial charge < -0.3 is 44.1 Å². The number of nitrogens with one attached hydrogen (secondary N) is 1. The Kier molecular flexibility index (Phi) is 17.4. The van der Waals surface area contributed by atoms with Crippen LogP contribution < -0.4 is 14.8 Å². The van der Waals surface area contributed by atoms with Crippen LogP contribution in [0.5, 0.6) is 11.5 Å². The number of amides is 2. The third kappa shape index (κ3) is 10.8. The number of hydrogen-bond donors (Lipinski definition) is 3. The fourth-order valence-corrected chi connectivity index (χ4v) is 8.79. The number of nitrogens with zero attached hydrogens (tertiary/aromatic N) is 2. The standard InChI is InChI=1S/C45H63N3O10/c1-5-22-48(44(52)54-27-26-53-31-32-16-10-9-11-17-32)40-30-38(47-56-8-4)36-28-33(18-12-14-23-49)35(19-13-15-24-50)41-37-29-34(57-43(51)46-7-3)20-21-39(37)58-45(40,42(36)41)55-25-6-2/h6,9-11,16-17,20-21,28-29,33,35,40-42,49-50H,2,5,7-8,12-15,18-19,22-27,30-31H2,1,3-4H3,(H,46,51). The van der Waals surface area contributed by atoms with E-state index in [4.69, 9.17) is 33.7 Å². The van der Waals surface area contributed by atoms with E-state index < -0.39 is 29.9 Å². The van der Waals surface area contributed by atoms with E-state index in [1.807, 2.05) is 63.2 Å². The molecule has 2 aliphatic carbocycles. The molecule has 0 aromatic heterocycles. The zero-order valence-electron chi connectivity index (χ0n) is 34.4. The summed E-state index contributed by atoms with van der Waals surface area (Å²) in [6.45, 7) is 11.8. The Hall–Kier alpha value is -4.43. The van der Waals surface area contributed by atoms with Gasteiger partial charge in [0.2, 0.25) is 5.79 Å². The van der Waals surface area contributed by atoms with Crippen LogP contribution in [0.4, 0.5) is 9.59 Å². The Morgan fingerprint density at radius 2 is 1.81 bits per heavy atom. The van der Waals surface area contributed by atoms with Gasteiger partial charge in [0.05, 0.1) is 31.5 Å². The van der Waals surface area contributed by atoms with Gasteiger partial charge in [0, 0.05) is 44.2 Å². The van der Waals surface area contributed by atoms with Crippen molar-refractivity contribution in [1.29, 1.82) is 0 Å². The molecule has 3 aliphatic rings. The first kappa shape index (κ1) is 44.7. The second-order valence-electron chi connectivity index (χ2n) is 15.0. The molecular formula is C45H63N3O10. The van der Waals surface area contributed by atoms with E-state index in [1.54, 1.807) is 17.0 Å². The number of allylic oxidation sites excluding steroid dienone is 1. The number of aliphatic hydroxyl groups is 2. The van der Waals surface area contributed by atoms with E-state index >= 15 is 0 Å². The summed E-state index contributed by atoms with van der Waals surface area (Å²) in [5, 5.41) is 27.1. The maximum Gasteiger partial charge on any atom is 0.412 e. The minimum Gasteiger partial charge on any atom is -0.459 e. The van der Waals surface area contributed by atoms with Gasteiger partial charge in [-0.05, 0) is 87.1 Å². The molecule has 6 unspecified atom stereocenters. The Balaban J connectivity index is 1.63. The van der Waals surface area contributed by atoms with Crippen molar-refractivity contribution in [1.82, 2.24) is 10.2 Å². The maximum atomic E-state index is 14.3. The fraction of sp³-hybridized carbons (Fsp3) is 0.578. The van der Waals surface area contributed by atoms with Crippen molar-refractivity contribution in [2.75, 3.05) is 52.7 Å². The lowest BCUT2D eigenvalue weighted by Gasteiger charge is -2.59. The minimum atomic E-state index is -1.42. The monoisotopic (exact) mass is 805 g/mol. The molecule has 0 bridgehead atoms. The number of rotatable bonds is 23. The van der Waals surface area contributed by atoms with Crippen LogP contribution in [0, 0.1) is 17.8 Å². The third-order valence-electron chi connectivity index (χ3n) is 11.1. The summed E-state index contributed by atoms with van der Waals surface area (Å²) in [4.78, 5) is 34.5. The molecule has 5 rings (SSSR count). The molecule has 2 amide bonds. The van der Waals surface area contributed by atoms with Crippen LogP contribution in [-0.2, 0) is 25.7 Å². The van der Waals surface area contributed by atoms with Crippen LogP contribution >= 0.6 is 0 Å². The summed E-state index contributed by atoms with van der Waals surface area (Å²) in [5.74, 6) is -1.16. The highest BCUT2D eigenvalue weighted by molar-refractivity contribution is 6.03. The number of benzene rings is 2. The molecule has 1 fully saturated rings. The lowest BCUT2D eigenvalue weighted by Crippen LogP contribution is -2.70. The molecule has 0 saturated heterocycles. The molecule has 1 saturated carbocycles. The summed E-state index contributed by atoms with van der Waals surface area (Å²) >= 11 is 0. The van der Waals surface area contributed by atoms with Crippen molar-refractivity contribution in [2.24, 2.45) is 22.9 Å². The summed E-state index contributed by atoms with van der Waals surface area (Å²) in [5.41, 5.74) is 3.50. The number of carbonyl (C=O) groups is 2. The molecule has 2 aromatic rings. The van der Waals surface area contributed by atoms with Gasteiger partial charge in [0.15, 0.2) is 0 Å². The van der Waals surface area contributed by atoms with Crippen LogP contribution in [0.25, 0.3) is 0 Å². The molecule has 13 heteroatoms. The number of hydrogen-bond acceptors (Lipinski definition) is 11. The molecule has 58 heavy (non-hydrogen) atoms. The second-order valence-corrected chi connectivity index (χ2v) is 15.0. The summed E-state index contributed by atoms with van der Waals surface area (Å²) in [6.07, 6.45) is 8.28. The van der Waals surface area contributed by atoms with E-state index in [2.05, 4.69) is 18.0 Å². The average Bonchev–Trinajstić information content (AvgIpc) is 3.23.